The molecule has 0 aromatic heterocycles. The molecule has 0 aromatic rings. The first-order valence-electron chi connectivity index (χ1n) is 4.20. The molecule has 0 saturated heterocycles. The number of hydrogen-bond donors (Lipinski definition) is 1. The maximum atomic E-state index is 11.4. The Morgan fingerprint density at radius 1 is 1.75 bits per heavy atom. The van der Waals surface area contributed by atoms with Crippen molar-refractivity contribution in [1.82, 2.24) is 0 Å². The molecule has 1 saturated carbocycles. The molecule has 1 aliphatic heterocycles. The second-order valence-electron chi connectivity index (χ2n) is 3.70. The smallest absolute Gasteiger partial charge is 0.294 e. The molecule has 66 valence electrons. The summed E-state index contributed by atoms with van der Waals surface area (Å²) in [6.07, 6.45) is 2.54. The van der Waals surface area contributed by atoms with Gasteiger partial charge in [0.25, 0.3) is 11.9 Å². The van der Waals surface area contributed by atoms with Gasteiger partial charge in [-0.1, -0.05) is 6.92 Å². The predicted molar refractivity (Wildman–Crippen MR) is 43.5 cm³/mol. The van der Waals surface area contributed by atoms with E-state index >= 15 is 0 Å². The van der Waals surface area contributed by atoms with Crippen molar-refractivity contribution in [2.45, 2.75) is 31.8 Å². The lowest BCUT2D eigenvalue weighted by Gasteiger charge is -2.19. The molecule has 4 nitrogen and oxygen atoms in total. The van der Waals surface area contributed by atoms with Crippen molar-refractivity contribution in [3.05, 3.63) is 0 Å². The molecule has 1 heterocycles. The van der Waals surface area contributed by atoms with E-state index in [1.54, 1.807) is 0 Å². The zero-order valence-electron chi connectivity index (χ0n) is 7.04. The fourth-order valence-electron chi connectivity index (χ4n) is 2.00. The zero-order chi connectivity index (χ0) is 8.77. The van der Waals surface area contributed by atoms with Crippen molar-refractivity contribution in [3.63, 3.8) is 0 Å². The quantitative estimate of drug-likeness (QED) is 0.570. The highest BCUT2D eigenvalue weighted by Gasteiger charge is 2.50. The molecular weight excluding hydrogens is 156 g/mol. The second kappa shape index (κ2) is 2.21. The highest BCUT2D eigenvalue weighted by Crippen LogP contribution is 2.40. The summed E-state index contributed by atoms with van der Waals surface area (Å²) in [7, 11) is 0. The fourth-order valence-corrected chi connectivity index (χ4v) is 2.00. The molecule has 12 heavy (non-hydrogen) atoms. The van der Waals surface area contributed by atoms with Crippen LogP contribution in [0.1, 0.15) is 26.2 Å². The standard InChI is InChI=1S/C8H12N2O2/c1-5-2-3-8(4-5)6(11)10-7(9)12-8/h5H,2-4H2,1H3,(H2,9,10,11). The summed E-state index contributed by atoms with van der Waals surface area (Å²) in [6.45, 7) is 2.11. The topological polar surface area (TPSA) is 64.7 Å². The number of carbonyl (C=O) groups excluding carboxylic acids is 1. The van der Waals surface area contributed by atoms with E-state index in [-0.39, 0.29) is 11.9 Å². The van der Waals surface area contributed by atoms with Crippen molar-refractivity contribution in [1.29, 1.82) is 0 Å². The second-order valence-corrected chi connectivity index (χ2v) is 3.70. The van der Waals surface area contributed by atoms with Gasteiger partial charge in [-0.25, -0.2) is 0 Å². The number of nitrogens with two attached hydrogens (primary N) is 1. The first-order valence-corrected chi connectivity index (χ1v) is 4.20. The lowest BCUT2D eigenvalue weighted by atomic mass is 10.0. The third-order valence-corrected chi connectivity index (χ3v) is 2.62. The van der Waals surface area contributed by atoms with Crippen LogP contribution in [0.3, 0.4) is 0 Å². The number of carbonyl (C=O) groups is 1. The number of rotatable bonds is 0. The molecular formula is C8H12N2O2. The monoisotopic (exact) mass is 168 g/mol. The minimum Gasteiger partial charge on any atom is -0.448 e. The van der Waals surface area contributed by atoms with Crippen LogP contribution in [0.4, 0.5) is 0 Å². The number of hydrogen-bond acceptors (Lipinski definition) is 3. The van der Waals surface area contributed by atoms with Crippen LogP contribution >= 0.6 is 0 Å². The largest absolute Gasteiger partial charge is 0.448 e. The Bertz CT molecular complexity index is 262. The molecule has 1 fully saturated rings. The molecule has 1 amide bonds. The summed E-state index contributed by atoms with van der Waals surface area (Å²) < 4.78 is 5.27. The van der Waals surface area contributed by atoms with Gasteiger partial charge in [0.1, 0.15) is 0 Å². The first kappa shape index (κ1) is 7.58. The van der Waals surface area contributed by atoms with Crippen LogP contribution in [-0.4, -0.2) is 17.5 Å². The van der Waals surface area contributed by atoms with Gasteiger partial charge >= 0.3 is 0 Å². The van der Waals surface area contributed by atoms with Crippen LogP contribution in [0.2, 0.25) is 0 Å². The third kappa shape index (κ3) is 0.906. The van der Waals surface area contributed by atoms with E-state index in [0.29, 0.717) is 5.92 Å². The SMILES string of the molecule is CC1CCC2(C1)OC(N)=NC2=O. The molecule has 2 unspecified atom stereocenters. The van der Waals surface area contributed by atoms with E-state index in [1.807, 2.05) is 0 Å². The van der Waals surface area contributed by atoms with Crippen LogP contribution in [0.25, 0.3) is 0 Å². The summed E-state index contributed by atoms with van der Waals surface area (Å²) in [5.74, 6) is 0.347. The Morgan fingerprint density at radius 3 is 2.92 bits per heavy atom. The summed E-state index contributed by atoms with van der Waals surface area (Å²) in [6, 6.07) is 0.0362. The van der Waals surface area contributed by atoms with Gasteiger partial charge in [-0.05, 0) is 25.2 Å². The lowest BCUT2D eigenvalue weighted by Crippen LogP contribution is -2.35. The Morgan fingerprint density at radius 2 is 2.50 bits per heavy atom. The number of amides is 1. The van der Waals surface area contributed by atoms with E-state index in [1.165, 1.54) is 0 Å². The van der Waals surface area contributed by atoms with Gasteiger partial charge in [-0.3, -0.25) is 4.79 Å². The minimum absolute atomic E-state index is 0.0362. The molecule has 2 atom stereocenters. The van der Waals surface area contributed by atoms with Crippen LogP contribution in [0.5, 0.6) is 0 Å². The Kier molecular flexibility index (Phi) is 1.40. The molecule has 2 aliphatic rings. The summed E-state index contributed by atoms with van der Waals surface area (Å²) in [4.78, 5) is 15.0. The highest BCUT2D eigenvalue weighted by atomic mass is 16.5. The summed E-state index contributed by atoms with van der Waals surface area (Å²) in [5.41, 5.74) is 4.65. The molecule has 1 spiro atoms. The number of ether oxygens (including phenoxy) is 1. The van der Waals surface area contributed by atoms with Crippen molar-refractivity contribution in [3.8, 4) is 0 Å². The van der Waals surface area contributed by atoms with Gasteiger partial charge in [0.15, 0.2) is 5.60 Å². The Hall–Kier alpha value is -1.06. The molecule has 2 rings (SSSR count). The van der Waals surface area contributed by atoms with Gasteiger partial charge in [0.05, 0.1) is 0 Å². The Labute approximate surface area is 70.8 Å². The third-order valence-electron chi connectivity index (χ3n) is 2.62. The maximum absolute atomic E-state index is 11.4. The van der Waals surface area contributed by atoms with Gasteiger partial charge in [0, 0.05) is 0 Å². The normalized spacial score (nSPS) is 40.2. The average molecular weight is 168 g/mol. The van der Waals surface area contributed by atoms with Crippen LogP contribution in [0, 0.1) is 5.92 Å². The molecule has 0 aromatic carbocycles. The van der Waals surface area contributed by atoms with Gasteiger partial charge < -0.3 is 10.5 Å². The van der Waals surface area contributed by atoms with Crippen LogP contribution in [-0.2, 0) is 9.53 Å². The fraction of sp³-hybridized carbons (Fsp3) is 0.750. The predicted octanol–water partition coefficient (Wildman–Crippen LogP) is 0.417. The van der Waals surface area contributed by atoms with Gasteiger partial charge in [0.2, 0.25) is 0 Å². The Balaban J connectivity index is 2.21. The molecule has 1 aliphatic carbocycles. The van der Waals surface area contributed by atoms with E-state index < -0.39 is 5.60 Å². The molecule has 4 heteroatoms. The van der Waals surface area contributed by atoms with Crippen molar-refractivity contribution >= 4 is 11.9 Å². The van der Waals surface area contributed by atoms with Gasteiger partial charge in [-0.15, -0.1) is 0 Å². The maximum Gasteiger partial charge on any atom is 0.294 e. The van der Waals surface area contributed by atoms with E-state index in [4.69, 9.17) is 10.5 Å². The molecule has 0 bridgehead atoms. The minimum atomic E-state index is -0.677. The summed E-state index contributed by atoms with van der Waals surface area (Å²) in [5, 5.41) is 0. The average Bonchev–Trinajstić information content (AvgIpc) is 2.43. The molecule has 2 N–H and O–H groups in total. The van der Waals surface area contributed by atoms with Gasteiger partial charge in [-0.2, -0.15) is 4.99 Å². The van der Waals surface area contributed by atoms with Crippen LogP contribution < -0.4 is 5.73 Å². The van der Waals surface area contributed by atoms with Crippen LogP contribution in [0.15, 0.2) is 4.99 Å². The zero-order valence-corrected chi connectivity index (χ0v) is 7.04. The van der Waals surface area contributed by atoms with E-state index in [2.05, 4.69) is 11.9 Å². The van der Waals surface area contributed by atoms with E-state index in [9.17, 15) is 4.79 Å². The number of aliphatic imine (C=N–C) groups is 1. The van der Waals surface area contributed by atoms with Crippen molar-refractivity contribution in [2.24, 2.45) is 16.6 Å². The molecule has 0 radical (unpaired) electrons. The number of nitrogens with zero attached hydrogens (tertiary/aromatic N) is 1. The highest BCUT2D eigenvalue weighted by molar-refractivity contribution is 6.00. The summed E-state index contributed by atoms with van der Waals surface area (Å²) >= 11 is 0. The van der Waals surface area contributed by atoms with E-state index in [0.717, 1.165) is 19.3 Å². The first-order chi connectivity index (χ1) is 5.62. The number of amidine groups is 1. The lowest BCUT2D eigenvalue weighted by molar-refractivity contribution is -0.130. The van der Waals surface area contributed by atoms with Crippen molar-refractivity contribution in [2.75, 3.05) is 0 Å². The van der Waals surface area contributed by atoms with Crippen molar-refractivity contribution < 1.29 is 9.53 Å².